The molecule has 0 saturated carbocycles. The zero-order chi connectivity index (χ0) is 20.1. The van der Waals surface area contributed by atoms with Gasteiger partial charge >= 0.3 is 0 Å². The number of nitrogens with one attached hydrogen (secondary N) is 1. The molecule has 1 amide bonds. The average Bonchev–Trinajstić information content (AvgIpc) is 2.71. The van der Waals surface area contributed by atoms with Crippen molar-refractivity contribution in [3.63, 3.8) is 0 Å². The summed E-state index contributed by atoms with van der Waals surface area (Å²) in [6.45, 7) is 4.59. The molecule has 4 atom stereocenters. The molecule has 2 saturated heterocycles. The maximum Gasteiger partial charge on any atom is 0.234 e. The Labute approximate surface area is 165 Å². The van der Waals surface area contributed by atoms with Crippen LogP contribution in [0.1, 0.15) is 25.0 Å². The lowest BCUT2D eigenvalue weighted by atomic mass is 9.82. The van der Waals surface area contributed by atoms with E-state index in [1.165, 1.54) is 0 Å². The highest BCUT2D eigenvalue weighted by Crippen LogP contribution is 2.38. The number of hydrogen-bond donors (Lipinski definition) is 3. The van der Waals surface area contributed by atoms with Crippen LogP contribution in [0.3, 0.4) is 0 Å². The SMILES string of the molecule is COc1cccc([C@H]2C[C@@](O)(CNC(=O)CN3CCOCC3)[C@H](O)[C@@H](C)O2)c1. The highest BCUT2D eigenvalue weighted by atomic mass is 16.5. The number of morpholine rings is 1. The van der Waals surface area contributed by atoms with Gasteiger partial charge in [0.25, 0.3) is 0 Å². The second-order valence-electron chi connectivity index (χ2n) is 7.52. The Balaban J connectivity index is 1.63. The molecular formula is C20H30N2O6. The third-order valence-electron chi connectivity index (χ3n) is 5.44. The van der Waals surface area contributed by atoms with E-state index in [0.29, 0.717) is 32.1 Å². The Kier molecular flexibility index (Phi) is 6.90. The van der Waals surface area contributed by atoms with Crippen molar-refractivity contribution in [2.75, 3.05) is 46.5 Å². The number of carbonyl (C=O) groups excluding carboxylic acids is 1. The Morgan fingerprint density at radius 3 is 2.86 bits per heavy atom. The number of methoxy groups -OCH3 is 1. The lowest BCUT2D eigenvalue weighted by Crippen LogP contribution is -2.60. The summed E-state index contributed by atoms with van der Waals surface area (Å²) in [5.74, 6) is 0.516. The van der Waals surface area contributed by atoms with Gasteiger partial charge in [0, 0.05) is 26.1 Å². The first kappa shape index (κ1) is 21.0. The molecular weight excluding hydrogens is 364 g/mol. The number of nitrogens with zero attached hydrogens (tertiary/aromatic N) is 1. The van der Waals surface area contributed by atoms with Crippen LogP contribution in [0.4, 0.5) is 0 Å². The minimum atomic E-state index is -1.48. The smallest absolute Gasteiger partial charge is 0.234 e. The third-order valence-corrected chi connectivity index (χ3v) is 5.44. The van der Waals surface area contributed by atoms with Crippen LogP contribution in [0.5, 0.6) is 5.75 Å². The molecule has 2 aliphatic rings. The number of hydrogen-bond acceptors (Lipinski definition) is 7. The summed E-state index contributed by atoms with van der Waals surface area (Å²) in [6.07, 6.45) is -1.91. The second kappa shape index (κ2) is 9.19. The van der Waals surface area contributed by atoms with Crippen molar-refractivity contribution >= 4 is 5.91 Å². The van der Waals surface area contributed by atoms with E-state index in [1.807, 2.05) is 29.2 Å². The van der Waals surface area contributed by atoms with Crippen LogP contribution in [0.2, 0.25) is 0 Å². The van der Waals surface area contributed by atoms with Crippen molar-refractivity contribution in [2.24, 2.45) is 0 Å². The number of carbonyl (C=O) groups is 1. The molecule has 2 fully saturated rings. The number of aliphatic hydroxyl groups excluding tert-OH is 1. The van der Waals surface area contributed by atoms with Gasteiger partial charge in [-0.3, -0.25) is 9.69 Å². The number of ether oxygens (including phenoxy) is 3. The van der Waals surface area contributed by atoms with Gasteiger partial charge in [0.15, 0.2) is 0 Å². The first-order valence-electron chi connectivity index (χ1n) is 9.68. The minimum Gasteiger partial charge on any atom is -0.497 e. The molecule has 3 rings (SSSR count). The Bertz CT molecular complexity index is 666. The van der Waals surface area contributed by atoms with E-state index >= 15 is 0 Å². The lowest BCUT2D eigenvalue weighted by Gasteiger charge is -2.44. The average molecular weight is 394 g/mol. The summed E-state index contributed by atoms with van der Waals surface area (Å²) in [7, 11) is 1.59. The van der Waals surface area contributed by atoms with Gasteiger partial charge in [-0.2, -0.15) is 0 Å². The van der Waals surface area contributed by atoms with Gasteiger partial charge in [0.05, 0.1) is 39.1 Å². The maximum atomic E-state index is 12.3. The molecule has 28 heavy (non-hydrogen) atoms. The predicted octanol–water partition coefficient (Wildman–Crippen LogP) is 0.0855. The van der Waals surface area contributed by atoms with Crippen LogP contribution in [0.15, 0.2) is 24.3 Å². The molecule has 0 aliphatic carbocycles. The topological polar surface area (TPSA) is 100 Å². The second-order valence-corrected chi connectivity index (χ2v) is 7.52. The van der Waals surface area contributed by atoms with Gasteiger partial charge in [0.1, 0.15) is 17.5 Å². The standard InChI is InChI=1S/C20H30N2O6/c1-14-19(24)20(25,13-21-18(23)12-22-6-8-27-9-7-22)11-17(28-14)15-4-3-5-16(10-15)26-2/h3-5,10,14,17,19,24-25H,6-9,11-13H2,1-2H3,(H,21,23)/t14-,17-,19-,20-/m1/s1. The Hall–Kier alpha value is -1.71. The monoisotopic (exact) mass is 394 g/mol. The van der Waals surface area contributed by atoms with Gasteiger partial charge in [-0.05, 0) is 24.6 Å². The molecule has 2 heterocycles. The largest absolute Gasteiger partial charge is 0.497 e. The van der Waals surface area contributed by atoms with Gasteiger partial charge in [0.2, 0.25) is 5.91 Å². The third kappa shape index (κ3) is 5.01. The first-order valence-corrected chi connectivity index (χ1v) is 9.68. The summed E-state index contributed by atoms with van der Waals surface area (Å²) >= 11 is 0. The fourth-order valence-electron chi connectivity index (χ4n) is 3.75. The van der Waals surface area contributed by atoms with Gasteiger partial charge in [-0.15, -0.1) is 0 Å². The summed E-state index contributed by atoms with van der Waals surface area (Å²) in [6, 6.07) is 7.45. The predicted molar refractivity (Wildman–Crippen MR) is 102 cm³/mol. The Morgan fingerprint density at radius 2 is 2.14 bits per heavy atom. The van der Waals surface area contributed by atoms with Gasteiger partial charge < -0.3 is 29.7 Å². The van der Waals surface area contributed by atoms with Gasteiger partial charge in [-0.25, -0.2) is 0 Å². The summed E-state index contributed by atoms with van der Waals surface area (Å²) in [5, 5.41) is 24.4. The van der Waals surface area contributed by atoms with E-state index < -0.39 is 23.9 Å². The fraction of sp³-hybridized carbons (Fsp3) is 0.650. The molecule has 0 spiro atoms. The van der Waals surface area contributed by atoms with E-state index in [-0.39, 0.29) is 25.4 Å². The first-order chi connectivity index (χ1) is 13.4. The van der Waals surface area contributed by atoms with Crippen LogP contribution in [0, 0.1) is 0 Å². The molecule has 0 unspecified atom stereocenters. The van der Waals surface area contributed by atoms with Crippen LogP contribution >= 0.6 is 0 Å². The van der Waals surface area contributed by atoms with Crippen molar-refractivity contribution in [3.8, 4) is 5.75 Å². The van der Waals surface area contributed by atoms with E-state index in [0.717, 1.165) is 5.56 Å². The molecule has 1 aromatic carbocycles. The van der Waals surface area contributed by atoms with E-state index in [2.05, 4.69) is 5.32 Å². The van der Waals surface area contributed by atoms with E-state index in [9.17, 15) is 15.0 Å². The summed E-state index contributed by atoms with van der Waals surface area (Å²) < 4.78 is 16.4. The molecule has 2 aliphatic heterocycles. The number of rotatable bonds is 6. The van der Waals surface area contributed by atoms with E-state index in [1.54, 1.807) is 14.0 Å². The Morgan fingerprint density at radius 1 is 1.39 bits per heavy atom. The van der Waals surface area contributed by atoms with Crippen molar-refractivity contribution in [1.82, 2.24) is 10.2 Å². The fourth-order valence-corrected chi connectivity index (χ4v) is 3.75. The summed E-state index contributed by atoms with van der Waals surface area (Å²) in [5.41, 5.74) is -0.623. The van der Waals surface area contributed by atoms with Gasteiger partial charge in [-0.1, -0.05) is 12.1 Å². The number of amides is 1. The van der Waals surface area contributed by atoms with Crippen LogP contribution < -0.4 is 10.1 Å². The van der Waals surface area contributed by atoms with Crippen LogP contribution in [-0.4, -0.2) is 85.3 Å². The lowest BCUT2D eigenvalue weighted by molar-refractivity contribution is -0.211. The molecule has 0 bridgehead atoms. The highest BCUT2D eigenvalue weighted by Gasteiger charge is 2.47. The quantitative estimate of drug-likeness (QED) is 0.629. The summed E-state index contributed by atoms with van der Waals surface area (Å²) in [4.78, 5) is 14.3. The highest BCUT2D eigenvalue weighted by molar-refractivity contribution is 5.78. The van der Waals surface area contributed by atoms with Crippen molar-refractivity contribution in [2.45, 2.75) is 37.3 Å². The molecule has 0 aromatic heterocycles. The molecule has 0 radical (unpaired) electrons. The van der Waals surface area contributed by atoms with Crippen LogP contribution in [-0.2, 0) is 14.3 Å². The zero-order valence-electron chi connectivity index (χ0n) is 16.5. The minimum absolute atomic E-state index is 0.0362. The number of benzene rings is 1. The molecule has 8 heteroatoms. The zero-order valence-corrected chi connectivity index (χ0v) is 16.5. The van der Waals surface area contributed by atoms with Crippen LogP contribution in [0.25, 0.3) is 0 Å². The molecule has 8 nitrogen and oxygen atoms in total. The maximum absolute atomic E-state index is 12.3. The normalized spacial score (nSPS) is 31.4. The van der Waals surface area contributed by atoms with Crippen molar-refractivity contribution in [3.05, 3.63) is 29.8 Å². The van der Waals surface area contributed by atoms with Crippen molar-refractivity contribution < 1.29 is 29.2 Å². The van der Waals surface area contributed by atoms with Crippen molar-refractivity contribution in [1.29, 1.82) is 0 Å². The number of aliphatic hydroxyl groups is 2. The molecule has 3 N–H and O–H groups in total. The molecule has 156 valence electrons. The molecule has 1 aromatic rings. The van der Waals surface area contributed by atoms with E-state index in [4.69, 9.17) is 14.2 Å².